The molecule has 130 valence electrons. The number of hydrogen-bond acceptors (Lipinski definition) is 4. The van der Waals surface area contributed by atoms with E-state index in [4.69, 9.17) is 5.11 Å². The third kappa shape index (κ3) is 4.22. The van der Waals surface area contributed by atoms with Crippen molar-refractivity contribution in [2.45, 2.75) is 70.0 Å². The summed E-state index contributed by atoms with van der Waals surface area (Å²) in [6, 6.07) is -1.38. The van der Waals surface area contributed by atoms with Crippen LogP contribution in [0.25, 0.3) is 0 Å². The van der Waals surface area contributed by atoms with Crippen LogP contribution in [-0.4, -0.2) is 57.6 Å². The fraction of sp³-hybridized carbons (Fsp3) is 0.812. The van der Waals surface area contributed by atoms with E-state index in [1.807, 2.05) is 6.92 Å². The summed E-state index contributed by atoms with van der Waals surface area (Å²) in [7, 11) is 0. The van der Waals surface area contributed by atoms with Gasteiger partial charge in [-0.1, -0.05) is 19.8 Å². The second-order valence-corrected chi connectivity index (χ2v) is 6.59. The van der Waals surface area contributed by atoms with E-state index in [0.717, 1.165) is 25.7 Å². The molecule has 1 heterocycles. The van der Waals surface area contributed by atoms with Gasteiger partial charge in [0.15, 0.2) is 0 Å². The van der Waals surface area contributed by atoms with Crippen molar-refractivity contribution in [1.82, 2.24) is 10.2 Å². The van der Waals surface area contributed by atoms with Crippen molar-refractivity contribution in [2.75, 3.05) is 6.54 Å². The highest BCUT2D eigenvalue weighted by atomic mass is 16.4. The summed E-state index contributed by atoms with van der Waals surface area (Å²) in [5, 5.41) is 21.4. The Morgan fingerprint density at radius 3 is 2.61 bits per heavy atom. The Labute approximate surface area is 136 Å². The van der Waals surface area contributed by atoms with E-state index in [2.05, 4.69) is 5.32 Å². The number of carbonyl (C=O) groups excluding carboxylic acids is 1. The number of carboxylic acid groups (broad SMARTS) is 2. The highest BCUT2D eigenvalue weighted by molar-refractivity contribution is 5.86. The number of likely N-dealkylation sites (tertiary alicyclic amines) is 1. The molecular weight excluding hydrogens is 300 g/mol. The van der Waals surface area contributed by atoms with Crippen LogP contribution in [0.15, 0.2) is 0 Å². The van der Waals surface area contributed by atoms with Gasteiger partial charge < -0.3 is 15.1 Å². The second kappa shape index (κ2) is 7.77. The zero-order valence-corrected chi connectivity index (χ0v) is 13.5. The summed E-state index contributed by atoms with van der Waals surface area (Å²) in [5.74, 6) is -1.91. The first-order chi connectivity index (χ1) is 10.9. The van der Waals surface area contributed by atoms with E-state index < -0.39 is 24.0 Å². The minimum absolute atomic E-state index is 0.0140. The van der Waals surface area contributed by atoms with Crippen molar-refractivity contribution >= 4 is 17.8 Å². The van der Waals surface area contributed by atoms with Gasteiger partial charge in [-0.05, 0) is 38.0 Å². The van der Waals surface area contributed by atoms with Crippen LogP contribution in [0, 0.1) is 5.92 Å². The number of aliphatic carboxylic acids is 2. The SMILES string of the molecule is CCC[C@H](N[C@H]1CC[C@@H]2CCC[C@H]2N(CC(=O)O)C1=O)C(=O)O. The van der Waals surface area contributed by atoms with E-state index >= 15 is 0 Å². The molecule has 1 aliphatic heterocycles. The lowest BCUT2D eigenvalue weighted by atomic mass is 9.97. The van der Waals surface area contributed by atoms with Gasteiger partial charge in [-0.2, -0.15) is 0 Å². The van der Waals surface area contributed by atoms with Gasteiger partial charge in [-0.15, -0.1) is 0 Å². The zero-order valence-electron chi connectivity index (χ0n) is 13.5. The predicted molar refractivity (Wildman–Crippen MR) is 83.0 cm³/mol. The third-order valence-electron chi connectivity index (χ3n) is 5.01. The Bertz CT molecular complexity index is 467. The summed E-state index contributed by atoms with van der Waals surface area (Å²) in [4.78, 5) is 36.7. The Morgan fingerprint density at radius 2 is 2.00 bits per heavy atom. The Morgan fingerprint density at radius 1 is 1.26 bits per heavy atom. The molecule has 0 aromatic rings. The number of carboxylic acids is 2. The van der Waals surface area contributed by atoms with Crippen LogP contribution in [0.4, 0.5) is 0 Å². The molecule has 1 saturated heterocycles. The largest absolute Gasteiger partial charge is 0.480 e. The van der Waals surface area contributed by atoms with Gasteiger partial charge in [0.05, 0.1) is 6.04 Å². The summed E-state index contributed by atoms with van der Waals surface area (Å²) < 4.78 is 0. The number of carbonyl (C=O) groups is 3. The average Bonchev–Trinajstić information content (AvgIpc) is 2.91. The molecule has 1 saturated carbocycles. The maximum absolute atomic E-state index is 12.8. The van der Waals surface area contributed by atoms with Crippen LogP contribution in [0.2, 0.25) is 0 Å². The first-order valence-electron chi connectivity index (χ1n) is 8.45. The molecule has 7 nitrogen and oxygen atoms in total. The molecule has 23 heavy (non-hydrogen) atoms. The van der Waals surface area contributed by atoms with Gasteiger partial charge in [0.2, 0.25) is 5.91 Å². The molecule has 4 atom stereocenters. The summed E-state index contributed by atoms with van der Waals surface area (Å²) in [5.41, 5.74) is 0. The van der Waals surface area contributed by atoms with E-state index in [0.29, 0.717) is 25.2 Å². The lowest BCUT2D eigenvalue weighted by Gasteiger charge is -2.31. The molecule has 0 bridgehead atoms. The van der Waals surface area contributed by atoms with Crippen LogP contribution >= 0.6 is 0 Å². The average molecular weight is 326 g/mol. The maximum Gasteiger partial charge on any atom is 0.323 e. The van der Waals surface area contributed by atoms with Crippen LogP contribution < -0.4 is 5.32 Å². The van der Waals surface area contributed by atoms with Crippen molar-refractivity contribution in [1.29, 1.82) is 0 Å². The highest BCUT2D eigenvalue weighted by Gasteiger charge is 2.42. The topological polar surface area (TPSA) is 107 Å². The van der Waals surface area contributed by atoms with Crippen molar-refractivity contribution in [2.24, 2.45) is 5.92 Å². The third-order valence-corrected chi connectivity index (χ3v) is 5.01. The standard InChI is InChI=1S/C16H26N2O5/c1-2-4-12(16(22)23)17-11-8-7-10-5-3-6-13(10)18(15(11)21)9-14(19)20/h10-13,17H,2-9H2,1H3,(H,19,20)(H,22,23)/t10-,11-,12-,13+/m0/s1. The highest BCUT2D eigenvalue weighted by Crippen LogP contribution is 2.36. The van der Waals surface area contributed by atoms with Crippen molar-refractivity contribution in [3.63, 3.8) is 0 Å². The quantitative estimate of drug-likeness (QED) is 0.646. The number of fused-ring (bicyclic) bond motifs is 1. The van der Waals surface area contributed by atoms with Crippen LogP contribution in [0.5, 0.6) is 0 Å². The second-order valence-electron chi connectivity index (χ2n) is 6.59. The van der Waals surface area contributed by atoms with Crippen molar-refractivity contribution in [3.8, 4) is 0 Å². The zero-order chi connectivity index (χ0) is 17.0. The van der Waals surface area contributed by atoms with Crippen LogP contribution in [-0.2, 0) is 14.4 Å². The molecule has 0 spiro atoms. The lowest BCUT2D eigenvalue weighted by Crippen LogP contribution is -2.54. The Kier molecular flexibility index (Phi) is 5.98. The molecule has 1 amide bonds. The number of amides is 1. The molecule has 0 aromatic carbocycles. The van der Waals surface area contributed by atoms with Gasteiger partial charge >= 0.3 is 11.9 Å². The minimum Gasteiger partial charge on any atom is -0.480 e. The van der Waals surface area contributed by atoms with Gasteiger partial charge in [-0.3, -0.25) is 19.7 Å². The maximum atomic E-state index is 12.8. The first kappa shape index (κ1) is 17.7. The number of nitrogens with zero attached hydrogens (tertiary/aromatic N) is 1. The molecule has 0 radical (unpaired) electrons. The molecule has 0 aromatic heterocycles. The molecule has 2 fully saturated rings. The molecule has 7 heteroatoms. The summed E-state index contributed by atoms with van der Waals surface area (Å²) in [6.07, 6.45) is 5.43. The number of hydrogen-bond donors (Lipinski definition) is 3. The van der Waals surface area contributed by atoms with Gasteiger partial charge in [-0.25, -0.2) is 0 Å². The monoisotopic (exact) mass is 326 g/mol. The number of nitrogens with one attached hydrogen (secondary N) is 1. The Balaban J connectivity index is 2.15. The van der Waals surface area contributed by atoms with E-state index in [-0.39, 0.29) is 18.5 Å². The van der Waals surface area contributed by atoms with Gasteiger partial charge in [0.1, 0.15) is 12.6 Å². The van der Waals surface area contributed by atoms with Crippen molar-refractivity contribution in [3.05, 3.63) is 0 Å². The lowest BCUT2D eigenvalue weighted by molar-refractivity contribution is -0.148. The molecule has 3 N–H and O–H groups in total. The van der Waals surface area contributed by atoms with E-state index in [9.17, 15) is 19.5 Å². The smallest absolute Gasteiger partial charge is 0.323 e. The van der Waals surface area contributed by atoms with Gasteiger partial charge in [0, 0.05) is 6.04 Å². The number of rotatable bonds is 7. The minimum atomic E-state index is -1.02. The molecular formula is C16H26N2O5. The predicted octanol–water partition coefficient (Wildman–Crippen LogP) is 1.07. The normalized spacial score (nSPS) is 29.0. The molecule has 2 aliphatic rings. The fourth-order valence-corrected chi connectivity index (χ4v) is 3.94. The summed E-state index contributed by atoms with van der Waals surface area (Å²) in [6.45, 7) is 1.59. The van der Waals surface area contributed by atoms with Gasteiger partial charge in [0.25, 0.3) is 0 Å². The molecule has 1 aliphatic carbocycles. The summed E-state index contributed by atoms with van der Waals surface area (Å²) >= 11 is 0. The van der Waals surface area contributed by atoms with Crippen molar-refractivity contribution < 1.29 is 24.6 Å². The Hall–Kier alpha value is -1.63. The molecule has 2 rings (SSSR count). The first-order valence-corrected chi connectivity index (χ1v) is 8.45. The van der Waals surface area contributed by atoms with Crippen LogP contribution in [0.3, 0.4) is 0 Å². The van der Waals surface area contributed by atoms with Crippen LogP contribution in [0.1, 0.15) is 51.9 Å². The van der Waals surface area contributed by atoms with E-state index in [1.165, 1.54) is 4.90 Å². The fourth-order valence-electron chi connectivity index (χ4n) is 3.94. The molecule has 0 unspecified atom stereocenters. The van der Waals surface area contributed by atoms with E-state index in [1.54, 1.807) is 0 Å².